The molecule has 0 radical (unpaired) electrons. The minimum absolute atomic E-state index is 0.204. The summed E-state index contributed by atoms with van der Waals surface area (Å²) in [6, 6.07) is 14.9. The van der Waals surface area contributed by atoms with Crippen LogP contribution < -0.4 is 11.2 Å². The average Bonchev–Trinajstić information content (AvgIpc) is 2.79. The number of nitrogen functional groups attached to an aromatic ring is 1. The fourth-order valence-electron chi connectivity index (χ4n) is 3.41. The summed E-state index contributed by atoms with van der Waals surface area (Å²) in [6.07, 6.45) is 1.88. The molecule has 154 valence electrons. The highest BCUT2D eigenvalue weighted by atomic mass is 16.5. The summed E-state index contributed by atoms with van der Waals surface area (Å²) in [4.78, 5) is 22.9. The molecule has 1 saturated heterocycles. The van der Waals surface area contributed by atoms with Crippen molar-refractivity contribution in [2.75, 3.05) is 32.0 Å². The summed E-state index contributed by atoms with van der Waals surface area (Å²) in [5.41, 5.74) is 12.1. The number of nitrogens with one attached hydrogen (secondary N) is 1. The molecule has 0 saturated carbocycles. The van der Waals surface area contributed by atoms with Gasteiger partial charge in [0.1, 0.15) is 5.82 Å². The van der Waals surface area contributed by atoms with Gasteiger partial charge in [0.2, 0.25) is 0 Å². The Hall–Kier alpha value is -3.33. The van der Waals surface area contributed by atoms with E-state index in [1.807, 2.05) is 30.5 Å². The SMILES string of the molecule is Nc1cc(C(=O)NO)cc(-c2ccc(-c3ccc(CN4CCOCC4)nc3)cc2)n1. The van der Waals surface area contributed by atoms with Crippen molar-refractivity contribution in [3.8, 4) is 22.4 Å². The first-order chi connectivity index (χ1) is 14.6. The molecule has 2 aromatic heterocycles. The largest absolute Gasteiger partial charge is 0.384 e. The molecular formula is C22H23N5O3. The molecule has 0 bridgehead atoms. The molecule has 4 N–H and O–H groups in total. The van der Waals surface area contributed by atoms with E-state index in [0.29, 0.717) is 5.69 Å². The van der Waals surface area contributed by atoms with Crippen molar-refractivity contribution in [2.24, 2.45) is 0 Å². The zero-order chi connectivity index (χ0) is 20.9. The van der Waals surface area contributed by atoms with Gasteiger partial charge in [-0.05, 0) is 23.8 Å². The van der Waals surface area contributed by atoms with Gasteiger partial charge in [0.05, 0.1) is 24.6 Å². The van der Waals surface area contributed by atoms with Crippen molar-refractivity contribution in [1.82, 2.24) is 20.3 Å². The fraction of sp³-hybridized carbons (Fsp3) is 0.227. The molecule has 1 aliphatic heterocycles. The standard InChI is InChI=1S/C22H23N5O3/c23-21-12-18(22(28)26-29)11-20(25-21)16-3-1-15(2-4-16)17-5-6-19(24-13-17)14-27-7-9-30-10-8-27/h1-6,11-13,29H,7-10,14H2,(H2,23,25)(H,26,28). The molecule has 1 fully saturated rings. The lowest BCUT2D eigenvalue weighted by Gasteiger charge is -2.26. The van der Waals surface area contributed by atoms with E-state index in [0.717, 1.165) is 55.2 Å². The first-order valence-electron chi connectivity index (χ1n) is 9.70. The van der Waals surface area contributed by atoms with Crippen LogP contribution in [0.25, 0.3) is 22.4 Å². The van der Waals surface area contributed by atoms with Crippen LogP contribution in [-0.2, 0) is 11.3 Å². The number of hydroxylamine groups is 1. The average molecular weight is 405 g/mol. The summed E-state index contributed by atoms with van der Waals surface area (Å²) in [5, 5.41) is 8.84. The molecule has 0 atom stereocenters. The summed E-state index contributed by atoms with van der Waals surface area (Å²) in [6.45, 7) is 4.25. The van der Waals surface area contributed by atoms with Crippen molar-refractivity contribution in [3.63, 3.8) is 0 Å². The molecule has 1 amide bonds. The van der Waals surface area contributed by atoms with Crippen LogP contribution in [0.4, 0.5) is 5.82 Å². The zero-order valence-corrected chi connectivity index (χ0v) is 16.4. The zero-order valence-electron chi connectivity index (χ0n) is 16.4. The van der Waals surface area contributed by atoms with Crippen molar-refractivity contribution >= 4 is 11.7 Å². The van der Waals surface area contributed by atoms with Gasteiger partial charge in [0.15, 0.2) is 0 Å². The maximum Gasteiger partial charge on any atom is 0.274 e. The van der Waals surface area contributed by atoms with Gasteiger partial charge >= 0.3 is 0 Å². The van der Waals surface area contributed by atoms with Gasteiger partial charge in [-0.3, -0.25) is 19.9 Å². The molecule has 8 nitrogen and oxygen atoms in total. The molecule has 1 aliphatic rings. The Morgan fingerprint density at radius 1 is 1.07 bits per heavy atom. The van der Waals surface area contributed by atoms with E-state index in [2.05, 4.69) is 27.0 Å². The lowest BCUT2D eigenvalue weighted by molar-refractivity contribution is 0.0336. The van der Waals surface area contributed by atoms with Crippen LogP contribution in [0, 0.1) is 0 Å². The van der Waals surface area contributed by atoms with Gasteiger partial charge in [0.25, 0.3) is 5.91 Å². The van der Waals surface area contributed by atoms with Crippen LogP contribution in [0.1, 0.15) is 16.1 Å². The van der Waals surface area contributed by atoms with E-state index in [1.165, 1.54) is 6.07 Å². The van der Waals surface area contributed by atoms with E-state index in [1.54, 1.807) is 11.5 Å². The summed E-state index contributed by atoms with van der Waals surface area (Å²) in [5.74, 6) is -0.430. The Kier molecular flexibility index (Phi) is 5.99. The highest BCUT2D eigenvalue weighted by molar-refractivity contribution is 5.95. The molecule has 8 heteroatoms. The Balaban J connectivity index is 1.49. The van der Waals surface area contributed by atoms with Gasteiger partial charge in [-0.2, -0.15) is 0 Å². The minimum atomic E-state index is -0.634. The maximum atomic E-state index is 11.7. The predicted molar refractivity (Wildman–Crippen MR) is 113 cm³/mol. The number of anilines is 1. The first kappa shape index (κ1) is 20.0. The molecule has 3 aromatic rings. The summed E-state index contributed by atoms with van der Waals surface area (Å²) in [7, 11) is 0. The smallest absolute Gasteiger partial charge is 0.274 e. The Labute approximate surface area is 174 Å². The lowest BCUT2D eigenvalue weighted by Crippen LogP contribution is -2.35. The number of carbonyl (C=O) groups excluding carboxylic acids is 1. The van der Waals surface area contributed by atoms with Crippen molar-refractivity contribution < 1.29 is 14.7 Å². The van der Waals surface area contributed by atoms with Gasteiger partial charge in [-0.25, -0.2) is 10.5 Å². The monoisotopic (exact) mass is 405 g/mol. The highest BCUT2D eigenvalue weighted by Gasteiger charge is 2.12. The van der Waals surface area contributed by atoms with E-state index in [-0.39, 0.29) is 11.4 Å². The third kappa shape index (κ3) is 4.62. The fourth-order valence-corrected chi connectivity index (χ4v) is 3.41. The number of nitrogens with zero attached hydrogens (tertiary/aromatic N) is 3. The number of amides is 1. The molecule has 30 heavy (non-hydrogen) atoms. The maximum absolute atomic E-state index is 11.7. The topological polar surface area (TPSA) is 114 Å². The molecule has 0 unspecified atom stereocenters. The normalized spacial score (nSPS) is 14.4. The lowest BCUT2D eigenvalue weighted by atomic mass is 10.0. The number of rotatable bonds is 5. The van der Waals surface area contributed by atoms with Crippen molar-refractivity contribution in [2.45, 2.75) is 6.54 Å². The molecule has 1 aromatic carbocycles. The third-order valence-corrected chi connectivity index (χ3v) is 5.04. The molecule has 0 spiro atoms. The van der Waals surface area contributed by atoms with E-state index in [9.17, 15) is 4.79 Å². The van der Waals surface area contributed by atoms with Gasteiger partial charge < -0.3 is 10.5 Å². The van der Waals surface area contributed by atoms with Crippen LogP contribution in [0.2, 0.25) is 0 Å². The third-order valence-electron chi connectivity index (χ3n) is 5.04. The minimum Gasteiger partial charge on any atom is -0.384 e. The Morgan fingerprint density at radius 2 is 1.77 bits per heavy atom. The number of carbonyl (C=O) groups is 1. The molecular weight excluding hydrogens is 382 g/mol. The molecule has 4 rings (SSSR count). The second kappa shape index (κ2) is 9.00. The van der Waals surface area contributed by atoms with E-state index in [4.69, 9.17) is 15.7 Å². The van der Waals surface area contributed by atoms with Gasteiger partial charge in [-0.1, -0.05) is 30.3 Å². The van der Waals surface area contributed by atoms with Crippen molar-refractivity contribution in [3.05, 3.63) is 66.0 Å². The van der Waals surface area contributed by atoms with Crippen LogP contribution in [0.15, 0.2) is 54.7 Å². The van der Waals surface area contributed by atoms with Gasteiger partial charge in [0, 0.05) is 42.5 Å². The van der Waals surface area contributed by atoms with E-state index < -0.39 is 5.91 Å². The van der Waals surface area contributed by atoms with Crippen LogP contribution in [0.3, 0.4) is 0 Å². The predicted octanol–water partition coefficient (Wildman–Crippen LogP) is 2.34. The van der Waals surface area contributed by atoms with Crippen molar-refractivity contribution in [1.29, 1.82) is 0 Å². The first-order valence-corrected chi connectivity index (χ1v) is 9.70. The second-order valence-corrected chi connectivity index (χ2v) is 7.11. The number of ether oxygens (including phenoxy) is 1. The number of morpholine rings is 1. The molecule has 0 aliphatic carbocycles. The number of pyridine rings is 2. The van der Waals surface area contributed by atoms with Gasteiger partial charge in [-0.15, -0.1) is 0 Å². The number of aromatic nitrogens is 2. The Morgan fingerprint density at radius 3 is 2.43 bits per heavy atom. The summed E-state index contributed by atoms with van der Waals surface area (Å²) >= 11 is 0. The van der Waals surface area contributed by atoms with Crippen LogP contribution in [-0.4, -0.2) is 52.3 Å². The number of nitrogens with two attached hydrogens (primary N) is 1. The summed E-state index contributed by atoms with van der Waals surface area (Å²) < 4.78 is 5.38. The van der Waals surface area contributed by atoms with E-state index >= 15 is 0 Å². The van der Waals surface area contributed by atoms with Crippen LogP contribution >= 0.6 is 0 Å². The molecule has 3 heterocycles. The number of benzene rings is 1. The number of hydrogen-bond acceptors (Lipinski definition) is 7. The highest BCUT2D eigenvalue weighted by Crippen LogP contribution is 2.25. The van der Waals surface area contributed by atoms with Crippen LogP contribution in [0.5, 0.6) is 0 Å². The number of hydrogen-bond donors (Lipinski definition) is 3. The second-order valence-electron chi connectivity index (χ2n) is 7.11. The Bertz CT molecular complexity index is 1020. The quantitative estimate of drug-likeness (QED) is 0.441.